The van der Waals surface area contributed by atoms with Crippen LogP contribution in [0.5, 0.6) is 0 Å². The normalized spacial score (nSPS) is 11.2. The van der Waals surface area contributed by atoms with Crippen molar-refractivity contribution in [1.29, 1.82) is 0 Å². The monoisotopic (exact) mass is 247 g/mol. The molecule has 0 unspecified atom stereocenters. The van der Waals surface area contributed by atoms with E-state index in [1.54, 1.807) is 12.4 Å². The predicted molar refractivity (Wildman–Crippen MR) is 72.0 cm³/mol. The van der Waals surface area contributed by atoms with Crippen molar-refractivity contribution in [3.05, 3.63) is 55.0 Å². The van der Waals surface area contributed by atoms with Crippen LogP contribution in [0.3, 0.4) is 0 Å². The third-order valence-corrected chi connectivity index (χ3v) is 3.05. The Morgan fingerprint density at radius 3 is 2.58 bits per heavy atom. The van der Waals surface area contributed by atoms with Gasteiger partial charge in [0.05, 0.1) is 29.8 Å². The zero-order chi connectivity index (χ0) is 12.7. The summed E-state index contributed by atoms with van der Waals surface area (Å²) in [5.41, 5.74) is 2.64. The third kappa shape index (κ3) is 1.55. The van der Waals surface area contributed by atoms with Crippen molar-refractivity contribution in [1.82, 2.24) is 25.0 Å². The van der Waals surface area contributed by atoms with E-state index < -0.39 is 0 Å². The Morgan fingerprint density at radius 1 is 0.842 bits per heavy atom. The van der Waals surface area contributed by atoms with Crippen molar-refractivity contribution in [2.45, 2.75) is 0 Å². The van der Waals surface area contributed by atoms with Crippen LogP contribution in [-0.4, -0.2) is 25.0 Å². The van der Waals surface area contributed by atoms with Gasteiger partial charge in [0.2, 0.25) is 0 Å². The van der Waals surface area contributed by atoms with Crippen LogP contribution in [-0.2, 0) is 0 Å². The summed E-state index contributed by atoms with van der Waals surface area (Å²) in [5, 5.41) is 14.1. The van der Waals surface area contributed by atoms with E-state index in [9.17, 15) is 0 Å². The molecule has 0 aliphatic rings. The van der Waals surface area contributed by atoms with E-state index in [0.29, 0.717) is 0 Å². The third-order valence-electron chi connectivity index (χ3n) is 3.05. The van der Waals surface area contributed by atoms with Crippen molar-refractivity contribution in [3.63, 3.8) is 0 Å². The Hall–Kier alpha value is -2.82. The molecule has 3 aromatic heterocycles. The molecule has 0 saturated carbocycles. The van der Waals surface area contributed by atoms with Crippen molar-refractivity contribution in [3.8, 4) is 5.69 Å². The summed E-state index contributed by atoms with van der Waals surface area (Å²) in [7, 11) is 0. The number of rotatable bonds is 1. The van der Waals surface area contributed by atoms with Crippen LogP contribution < -0.4 is 0 Å². The fourth-order valence-electron chi connectivity index (χ4n) is 2.14. The van der Waals surface area contributed by atoms with Gasteiger partial charge in [-0.1, -0.05) is 18.2 Å². The van der Waals surface area contributed by atoms with Gasteiger partial charge in [-0.05, 0) is 18.2 Å². The van der Waals surface area contributed by atoms with E-state index in [-0.39, 0.29) is 0 Å². The lowest BCUT2D eigenvalue weighted by Crippen LogP contribution is -1.97. The zero-order valence-corrected chi connectivity index (χ0v) is 9.93. The fraction of sp³-hybridized carbons (Fsp3) is 0. The van der Waals surface area contributed by atoms with Gasteiger partial charge in [-0.3, -0.25) is 0 Å². The summed E-state index contributed by atoms with van der Waals surface area (Å²) in [4.78, 5) is 4.61. The average molecular weight is 247 g/mol. The highest BCUT2D eigenvalue weighted by Gasteiger charge is 2.07. The van der Waals surface area contributed by atoms with Crippen molar-refractivity contribution in [2.75, 3.05) is 0 Å². The largest absolute Gasteiger partial charge is 0.226 e. The molecule has 5 nitrogen and oxygen atoms in total. The van der Waals surface area contributed by atoms with Gasteiger partial charge in [0.25, 0.3) is 0 Å². The van der Waals surface area contributed by atoms with E-state index in [2.05, 4.69) is 20.3 Å². The first-order valence-corrected chi connectivity index (χ1v) is 5.92. The number of para-hydroxylation sites is 1. The molecule has 0 bridgehead atoms. The highest BCUT2D eigenvalue weighted by atomic mass is 15.3. The number of fused-ring (bicyclic) bond motifs is 2. The van der Waals surface area contributed by atoms with Gasteiger partial charge < -0.3 is 0 Å². The molecule has 0 fully saturated rings. The molecule has 19 heavy (non-hydrogen) atoms. The number of hydrogen-bond donors (Lipinski definition) is 0. The van der Waals surface area contributed by atoms with E-state index in [1.165, 1.54) is 0 Å². The molecule has 4 aromatic rings. The molecular weight excluding hydrogens is 238 g/mol. The van der Waals surface area contributed by atoms with Crippen LogP contribution in [0, 0.1) is 0 Å². The van der Waals surface area contributed by atoms with Gasteiger partial charge in [-0.2, -0.15) is 15.3 Å². The SMILES string of the molecule is c1ccc(-n2ncc3cc4cnncc4nc32)cc1. The highest BCUT2D eigenvalue weighted by molar-refractivity contribution is 5.90. The second-order valence-corrected chi connectivity index (χ2v) is 4.26. The molecule has 0 saturated heterocycles. The van der Waals surface area contributed by atoms with Gasteiger partial charge in [-0.25, -0.2) is 9.67 Å². The molecular formula is C14H9N5. The number of nitrogens with zero attached hydrogens (tertiary/aromatic N) is 5. The molecule has 0 aliphatic carbocycles. The summed E-state index contributed by atoms with van der Waals surface area (Å²) in [5.74, 6) is 0. The Kier molecular flexibility index (Phi) is 2.05. The Balaban J connectivity index is 2.05. The van der Waals surface area contributed by atoms with Gasteiger partial charge in [-0.15, -0.1) is 0 Å². The van der Waals surface area contributed by atoms with Crippen LogP contribution in [0.2, 0.25) is 0 Å². The first kappa shape index (κ1) is 10.1. The lowest BCUT2D eigenvalue weighted by Gasteiger charge is -2.02. The number of aromatic nitrogens is 5. The molecule has 1 aromatic carbocycles. The van der Waals surface area contributed by atoms with Crippen molar-refractivity contribution in [2.24, 2.45) is 0 Å². The first-order valence-electron chi connectivity index (χ1n) is 5.92. The van der Waals surface area contributed by atoms with Crippen LogP contribution in [0.1, 0.15) is 0 Å². The minimum atomic E-state index is 0.820. The van der Waals surface area contributed by atoms with Gasteiger partial charge in [0, 0.05) is 10.8 Å². The average Bonchev–Trinajstić information content (AvgIpc) is 2.88. The topological polar surface area (TPSA) is 56.5 Å². The molecule has 90 valence electrons. The molecule has 0 aliphatic heterocycles. The summed E-state index contributed by atoms with van der Waals surface area (Å²) in [6.45, 7) is 0. The van der Waals surface area contributed by atoms with Gasteiger partial charge in [0.15, 0.2) is 5.65 Å². The molecule has 0 spiro atoms. The van der Waals surface area contributed by atoms with E-state index >= 15 is 0 Å². The van der Waals surface area contributed by atoms with Crippen LogP contribution >= 0.6 is 0 Å². The minimum Gasteiger partial charge on any atom is -0.226 e. The summed E-state index contributed by atoms with van der Waals surface area (Å²) >= 11 is 0. The smallest absolute Gasteiger partial charge is 0.163 e. The van der Waals surface area contributed by atoms with Crippen LogP contribution in [0.15, 0.2) is 55.0 Å². The molecule has 3 heterocycles. The van der Waals surface area contributed by atoms with Crippen molar-refractivity contribution < 1.29 is 0 Å². The molecule has 0 radical (unpaired) electrons. The number of hydrogen-bond acceptors (Lipinski definition) is 4. The molecule has 0 amide bonds. The lowest BCUT2D eigenvalue weighted by atomic mass is 10.2. The van der Waals surface area contributed by atoms with Crippen molar-refractivity contribution >= 4 is 21.9 Å². The standard InChI is InChI=1S/C14H9N5/c1-2-4-12(5-3-1)19-14-11(8-17-19)6-10-7-15-16-9-13(10)18-14/h1-9H. The lowest BCUT2D eigenvalue weighted by molar-refractivity contribution is 0.899. The van der Waals surface area contributed by atoms with E-state index in [0.717, 1.165) is 27.6 Å². The molecule has 4 rings (SSSR count). The second-order valence-electron chi connectivity index (χ2n) is 4.26. The Labute approximate surface area is 108 Å². The summed E-state index contributed by atoms with van der Waals surface area (Å²) in [6.07, 6.45) is 5.19. The maximum Gasteiger partial charge on any atom is 0.163 e. The molecule has 0 N–H and O–H groups in total. The van der Waals surface area contributed by atoms with Crippen LogP contribution in [0.4, 0.5) is 0 Å². The maximum atomic E-state index is 4.61. The van der Waals surface area contributed by atoms with Gasteiger partial charge >= 0.3 is 0 Å². The number of pyridine rings is 1. The zero-order valence-electron chi connectivity index (χ0n) is 9.93. The Bertz CT molecular complexity index is 867. The maximum absolute atomic E-state index is 4.61. The summed E-state index contributed by atoms with van der Waals surface area (Å²) < 4.78 is 1.83. The van der Waals surface area contributed by atoms with Crippen LogP contribution in [0.25, 0.3) is 27.6 Å². The fourth-order valence-corrected chi connectivity index (χ4v) is 2.14. The highest BCUT2D eigenvalue weighted by Crippen LogP contribution is 2.20. The Morgan fingerprint density at radius 2 is 1.68 bits per heavy atom. The predicted octanol–water partition coefficient (Wildman–Crippen LogP) is 2.36. The quantitative estimate of drug-likeness (QED) is 0.518. The van der Waals surface area contributed by atoms with E-state index in [1.807, 2.05) is 47.3 Å². The molecule has 0 atom stereocenters. The second kappa shape index (κ2) is 3.84. The first-order chi connectivity index (χ1) is 9.42. The number of benzene rings is 1. The summed E-state index contributed by atoms with van der Waals surface area (Å²) in [6, 6.07) is 12.0. The van der Waals surface area contributed by atoms with Gasteiger partial charge in [0.1, 0.15) is 0 Å². The molecule has 5 heteroatoms. The van der Waals surface area contributed by atoms with E-state index in [4.69, 9.17) is 0 Å². The minimum absolute atomic E-state index is 0.820.